The number of hydrogen-bond donors (Lipinski definition) is 2. The normalized spacial score (nSPS) is 14.4. The van der Waals surface area contributed by atoms with Crippen LogP contribution in [0.25, 0.3) is 0 Å². The first kappa shape index (κ1) is 22.5. The number of nitro benzene ring substituents is 1. The summed E-state index contributed by atoms with van der Waals surface area (Å²) in [4.78, 5) is 50.5. The van der Waals surface area contributed by atoms with Crippen LogP contribution in [0.5, 0.6) is 5.75 Å². The first-order valence-corrected chi connectivity index (χ1v) is 10.2. The molecule has 3 aromatic rings. The van der Waals surface area contributed by atoms with E-state index in [9.17, 15) is 24.5 Å². The van der Waals surface area contributed by atoms with E-state index in [0.717, 1.165) is 4.90 Å². The van der Waals surface area contributed by atoms with E-state index >= 15 is 0 Å². The van der Waals surface area contributed by atoms with E-state index in [1.165, 1.54) is 25.3 Å². The molecule has 2 N–H and O–H groups in total. The van der Waals surface area contributed by atoms with Gasteiger partial charge in [-0.2, -0.15) is 0 Å². The highest BCUT2D eigenvalue weighted by Gasteiger charge is 2.54. The number of carbonyl (C=O) groups excluding carboxylic acids is 3. The van der Waals surface area contributed by atoms with Gasteiger partial charge in [-0.1, -0.05) is 60.7 Å². The third-order valence-electron chi connectivity index (χ3n) is 5.49. The highest BCUT2D eigenvalue weighted by atomic mass is 16.6. The second kappa shape index (κ2) is 9.02. The number of anilines is 1. The van der Waals surface area contributed by atoms with E-state index in [1.54, 1.807) is 60.7 Å². The summed E-state index contributed by atoms with van der Waals surface area (Å²) in [5.41, 5.74) is -0.411. The number of ether oxygens (including phenoxy) is 1. The maximum atomic E-state index is 13.6. The third-order valence-corrected chi connectivity index (χ3v) is 5.49. The van der Waals surface area contributed by atoms with Crippen molar-refractivity contribution >= 4 is 29.2 Å². The molecule has 1 fully saturated rings. The molecule has 0 unspecified atom stereocenters. The number of rotatable bonds is 7. The Morgan fingerprint density at radius 2 is 1.62 bits per heavy atom. The van der Waals surface area contributed by atoms with Gasteiger partial charge in [0.05, 0.1) is 23.8 Å². The molecule has 1 heterocycles. The molecule has 1 aliphatic heterocycles. The Morgan fingerprint density at radius 3 is 2.15 bits per heavy atom. The van der Waals surface area contributed by atoms with Crippen LogP contribution in [0.2, 0.25) is 0 Å². The smallest absolute Gasteiger partial charge is 0.326 e. The zero-order chi connectivity index (χ0) is 24.3. The van der Waals surface area contributed by atoms with Crippen LogP contribution in [0.3, 0.4) is 0 Å². The molecule has 0 saturated carbocycles. The molecule has 1 saturated heterocycles. The number of nitrogens with zero attached hydrogens (tertiary/aromatic N) is 2. The number of methoxy groups -OCH3 is 1. The van der Waals surface area contributed by atoms with Crippen molar-refractivity contribution in [2.24, 2.45) is 0 Å². The summed E-state index contributed by atoms with van der Waals surface area (Å²) in [5, 5.41) is 16.3. The van der Waals surface area contributed by atoms with Gasteiger partial charge in [-0.25, -0.2) is 4.79 Å². The number of nitro groups is 1. The summed E-state index contributed by atoms with van der Waals surface area (Å²) < 4.78 is 5.12. The number of carbonyl (C=O) groups is 3. The summed E-state index contributed by atoms with van der Waals surface area (Å²) in [6, 6.07) is 20.5. The van der Waals surface area contributed by atoms with Crippen molar-refractivity contribution in [3.8, 4) is 5.75 Å². The van der Waals surface area contributed by atoms with Gasteiger partial charge in [0.1, 0.15) is 12.3 Å². The summed E-state index contributed by atoms with van der Waals surface area (Å²) >= 11 is 0. The van der Waals surface area contributed by atoms with E-state index in [0.29, 0.717) is 11.1 Å². The SMILES string of the molecule is COc1cc([N+](=O)[O-])ccc1NC(=O)CN1C(=O)NC(c2ccccc2)(c2ccccc2)C1=O. The van der Waals surface area contributed by atoms with Crippen LogP contribution in [0.4, 0.5) is 16.2 Å². The molecule has 1 aliphatic rings. The van der Waals surface area contributed by atoms with Gasteiger partial charge in [0, 0.05) is 6.07 Å². The van der Waals surface area contributed by atoms with Crippen molar-refractivity contribution < 1.29 is 24.0 Å². The predicted molar refractivity (Wildman–Crippen MR) is 122 cm³/mol. The maximum absolute atomic E-state index is 13.6. The van der Waals surface area contributed by atoms with E-state index in [4.69, 9.17) is 4.74 Å². The largest absolute Gasteiger partial charge is 0.494 e. The summed E-state index contributed by atoms with van der Waals surface area (Å²) in [7, 11) is 1.31. The molecule has 10 nitrogen and oxygen atoms in total. The van der Waals surface area contributed by atoms with E-state index in [2.05, 4.69) is 10.6 Å². The fourth-order valence-corrected chi connectivity index (χ4v) is 3.88. The van der Waals surface area contributed by atoms with Crippen LogP contribution < -0.4 is 15.4 Å². The number of imide groups is 1. The van der Waals surface area contributed by atoms with Crippen molar-refractivity contribution in [1.29, 1.82) is 0 Å². The van der Waals surface area contributed by atoms with Gasteiger partial charge in [-0.05, 0) is 17.2 Å². The quantitative estimate of drug-likeness (QED) is 0.317. The molecule has 0 aliphatic carbocycles. The number of nitrogens with one attached hydrogen (secondary N) is 2. The number of benzene rings is 3. The Bertz CT molecular complexity index is 1220. The Hall–Kier alpha value is -4.73. The lowest BCUT2D eigenvalue weighted by Crippen LogP contribution is -2.45. The molecular weight excluding hydrogens is 440 g/mol. The van der Waals surface area contributed by atoms with Crippen molar-refractivity contribution in [2.75, 3.05) is 19.0 Å². The lowest BCUT2D eigenvalue weighted by molar-refractivity contribution is -0.384. The second-order valence-electron chi connectivity index (χ2n) is 7.49. The maximum Gasteiger partial charge on any atom is 0.326 e. The number of non-ortho nitro benzene ring substituents is 1. The molecule has 3 aromatic carbocycles. The van der Waals surface area contributed by atoms with Crippen LogP contribution in [0, 0.1) is 10.1 Å². The standard InChI is InChI=1S/C24H20N4O6/c1-34-20-14-18(28(32)33)12-13-19(20)25-21(29)15-27-22(30)24(26-23(27)31,16-8-4-2-5-9-16)17-10-6-3-7-11-17/h2-14H,15H2,1H3,(H,25,29)(H,26,31). The minimum Gasteiger partial charge on any atom is -0.494 e. The van der Waals surface area contributed by atoms with Crippen LogP contribution in [0.1, 0.15) is 11.1 Å². The molecule has 10 heteroatoms. The van der Waals surface area contributed by atoms with Gasteiger partial charge < -0.3 is 15.4 Å². The van der Waals surface area contributed by atoms with Gasteiger partial charge in [-0.3, -0.25) is 24.6 Å². The van der Waals surface area contributed by atoms with Gasteiger partial charge in [0.15, 0.2) is 5.54 Å². The summed E-state index contributed by atoms with van der Waals surface area (Å²) in [5.74, 6) is -1.20. The van der Waals surface area contributed by atoms with Crippen molar-refractivity contribution in [3.05, 3.63) is 100 Å². The molecule has 34 heavy (non-hydrogen) atoms. The molecule has 4 amide bonds. The third kappa shape index (κ3) is 3.92. The van der Waals surface area contributed by atoms with Crippen LogP contribution in [0.15, 0.2) is 78.9 Å². The molecule has 0 atom stereocenters. The molecule has 4 rings (SSSR count). The average molecular weight is 460 g/mol. The van der Waals surface area contributed by atoms with Gasteiger partial charge in [-0.15, -0.1) is 0 Å². The average Bonchev–Trinajstić information content (AvgIpc) is 3.10. The molecule has 0 aromatic heterocycles. The molecule has 0 radical (unpaired) electrons. The lowest BCUT2D eigenvalue weighted by atomic mass is 9.82. The van der Waals surface area contributed by atoms with Gasteiger partial charge in [0.2, 0.25) is 5.91 Å². The number of urea groups is 1. The van der Waals surface area contributed by atoms with Crippen molar-refractivity contribution in [3.63, 3.8) is 0 Å². The van der Waals surface area contributed by atoms with Crippen LogP contribution in [-0.2, 0) is 15.1 Å². The monoisotopic (exact) mass is 460 g/mol. The Balaban J connectivity index is 1.61. The molecular formula is C24H20N4O6. The highest BCUT2D eigenvalue weighted by molar-refractivity contribution is 6.12. The van der Waals surface area contributed by atoms with Crippen molar-refractivity contribution in [2.45, 2.75) is 5.54 Å². The van der Waals surface area contributed by atoms with Gasteiger partial charge in [0.25, 0.3) is 11.6 Å². The predicted octanol–water partition coefficient (Wildman–Crippen LogP) is 3.04. The molecule has 0 spiro atoms. The minimum absolute atomic E-state index is 0.0719. The van der Waals surface area contributed by atoms with Crippen LogP contribution in [-0.4, -0.2) is 41.3 Å². The van der Waals surface area contributed by atoms with E-state index in [1.807, 2.05) is 0 Å². The Labute approximate surface area is 194 Å². The zero-order valence-corrected chi connectivity index (χ0v) is 18.1. The van der Waals surface area contributed by atoms with E-state index in [-0.39, 0.29) is 17.1 Å². The second-order valence-corrected chi connectivity index (χ2v) is 7.49. The minimum atomic E-state index is -1.48. The Kier molecular flexibility index (Phi) is 5.96. The number of amides is 4. The first-order valence-electron chi connectivity index (χ1n) is 10.2. The topological polar surface area (TPSA) is 131 Å². The van der Waals surface area contributed by atoms with Gasteiger partial charge >= 0.3 is 6.03 Å². The Morgan fingerprint density at radius 1 is 1.03 bits per heavy atom. The highest BCUT2D eigenvalue weighted by Crippen LogP contribution is 2.36. The fraction of sp³-hybridized carbons (Fsp3) is 0.125. The molecule has 172 valence electrons. The summed E-state index contributed by atoms with van der Waals surface area (Å²) in [6.07, 6.45) is 0. The molecule has 0 bridgehead atoms. The fourth-order valence-electron chi connectivity index (χ4n) is 3.88. The van der Waals surface area contributed by atoms with Crippen LogP contribution >= 0.6 is 0 Å². The van der Waals surface area contributed by atoms with E-state index < -0.39 is 34.9 Å². The number of hydrogen-bond acceptors (Lipinski definition) is 6. The van der Waals surface area contributed by atoms with Crippen molar-refractivity contribution in [1.82, 2.24) is 10.2 Å². The first-order chi connectivity index (χ1) is 16.4. The lowest BCUT2D eigenvalue weighted by Gasteiger charge is -2.28. The summed E-state index contributed by atoms with van der Waals surface area (Å²) in [6.45, 7) is -0.563. The zero-order valence-electron chi connectivity index (χ0n) is 18.1.